The van der Waals surface area contributed by atoms with E-state index in [1.54, 1.807) is 17.9 Å². The average molecular weight is 308 g/mol. The monoisotopic (exact) mass is 308 g/mol. The number of aromatic nitrogens is 2. The quantitative estimate of drug-likeness (QED) is 0.439. The predicted octanol–water partition coefficient (Wildman–Crippen LogP) is 2.15. The van der Waals surface area contributed by atoms with Gasteiger partial charge in [0.1, 0.15) is 5.75 Å². The number of hydrazine groups is 1. The molecule has 0 radical (unpaired) electrons. The summed E-state index contributed by atoms with van der Waals surface area (Å²) < 4.78 is 6.98. The Bertz CT molecular complexity index is 828. The number of nitrogens with two attached hydrogens (primary N) is 1. The number of hydrogen-bond donors (Lipinski definition) is 2. The van der Waals surface area contributed by atoms with Crippen LogP contribution in [0, 0.1) is 0 Å². The molecule has 0 saturated carbocycles. The number of nitrogens with zero attached hydrogens (tertiary/aromatic N) is 2. The summed E-state index contributed by atoms with van der Waals surface area (Å²) in [6, 6.07) is 18.9. The highest BCUT2D eigenvalue weighted by atomic mass is 16.5. The zero-order valence-electron chi connectivity index (χ0n) is 12.6. The van der Waals surface area contributed by atoms with E-state index in [0.29, 0.717) is 0 Å². The first-order valence-corrected chi connectivity index (χ1v) is 7.04. The van der Waals surface area contributed by atoms with Crippen molar-refractivity contribution in [3.8, 4) is 22.7 Å². The van der Waals surface area contributed by atoms with E-state index in [1.165, 1.54) is 0 Å². The van der Waals surface area contributed by atoms with Crippen LogP contribution < -0.4 is 16.0 Å². The lowest BCUT2D eigenvalue weighted by Gasteiger charge is -2.08. The maximum Gasteiger partial charge on any atom is 0.285 e. The second-order valence-corrected chi connectivity index (χ2v) is 4.87. The highest BCUT2D eigenvalue weighted by Gasteiger charge is 2.16. The molecule has 3 N–H and O–H groups in total. The smallest absolute Gasteiger partial charge is 0.285 e. The second kappa shape index (κ2) is 6.33. The van der Waals surface area contributed by atoms with Gasteiger partial charge in [0, 0.05) is 5.56 Å². The maximum atomic E-state index is 11.8. The lowest BCUT2D eigenvalue weighted by molar-refractivity contribution is 0.0948. The Labute approximate surface area is 133 Å². The molecule has 0 aliphatic rings. The van der Waals surface area contributed by atoms with Crippen molar-refractivity contribution >= 4 is 5.91 Å². The zero-order valence-corrected chi connectivity index (χ0v) is 12.6. The van der Waals surface area contributed by atoms with Crippen molar-refractivity contribution in [2.24, 2.45) is 5.84 Å². The number of ether oxygens (including phenoxy) is 1. The zero-order chi connectivity index (χ0) is 16.2. The van der Waals surface area contributed by atoms with Crippen LogP contribution in [-0.2, 0) is 0 Å². The third kappa shape index (κ3) is 2.93. The standard InChI is InChI=1S/C17H16N4O2/c1-23-14-9-5-6-12(10-14)16-11-15(17(22)19-18)20-21(16)13-7-3-2-4-8-13/h2-11H,18H2,1H3,(H,19,22). The van der Waals surface area contributed by atoms with E-state index in [0.717, 1.165) is 22.7 Å². The van der Waals surface area contributed by atoms with E-state index in [4.69, 9.17) is 10.6 Å². The van der Waals surface area contributed by atoms with Gasteiger partial charge in [-0.3, -0.25) is 10.2 Å². The Kier molecular flexibility index (Phi) is 4.07. The third-order valence-electron chi connectivity index (χ3n) is 3.44. The molecule has 0 unspecified atom stereocenters. The molecule has 6 heteroatoms. The van der Waals surface area contributed by atoms with Gasteiger partial charge < -0.3 is 4.74 Å². The molecule has 2 aromatic carbocycles. The number of para-hydroxylation sites is 1. The largest absolute Gasteiger partial charge is 0.497 e. The van der Waals surface area contributed by atoms with Gasteiger partial charge >= 0.3 is 0 Å². The number of nitrogens with one attached hydrogen (secondary N) is 1. The summed E-state index contributed by atoms with van der Waals surface area (Å²) >= 11 is 0. The van der Waals surface area contributed by atoms with Crippen LogP contribution in [0.4, 0.5) is 0 Å². The van der Waals surface area contributed by atoms with Gasteiger partial charge in [0.2, 0.25) is 0 Å². The first-order valence-electron chi connectivity index (χ1n) is 7.04. The fraction of sp³-hybridized carbons (Fsp3) is 0.0588. The van der Waals surface area contributed by atoms with Gasteiger partial charge in [-0.1, -0.05) is 30.3 Å². The van der Waals surface area contributed by atoms with Gasteiger partial charge in [-0.25, -0.2) is 10.5 Å². The Morgan fingerprint density at radius 3 is 2.61 bits per heavy atom. The normalized spacial score (nSPS) is 10.3. The molecule has 0 bridgehead atoms. The molecule has 3 rings (SSSR count). The van der Waals surface area contributed by atoms with Crippen molar-refractivity contribution in [3.63, 3.8) is 0 Å². The lowest BCUT2D eigenvalue weighted by Crippen LogP contribution is -2.30. The van der Waals surface area contributed by atoms with Crippen molar-refractivity contribution in [1.29, 1.82) is 0 Å². The van der Waals surface area contributed by atoms with E-state index in [2.05, 4.69) is 10.5 Å². The summed E-state index contributed by atoms with van der Waals surface area (Å²) in [5.41, 5.74) is 4.86. The van der Waals surface area contributed by atoms with Gasteiger partial charge in [-0.05, 0) is 30.3 Å². The van der Waals surface area contributed by atoms with Crippen LogP contribution in [0.2, 0.25) is 0 Å². The summed E-state index contributed by atoms with van der Waals surface area (Å²) in [5.74, 6) is 5.51. The molecule has 0 spiro atoms. The van der Waals surface area contributed by atoms with Gasteiger partial charge in [0.05, 0.1) is 18.5 Å². The lowest BCUT2D eigenvalue weighted by atomic mass is 10.1. The fourth-order valence-corrected chi connectivity index (χ4v) is 2.32. The molecular formula is C17H16N4O2. The van der Waals surface area contributed by atoms with Crippen LogP contribution in [0.25, 0.3) is 16.9 Å². The van der Waals surface area contributed by atoms with Crippen molar-refractivity contribution in [2.45, 2.75) is 0 Å². The summed E-state index contributed by atoms with van der Waals surface area (Å²) in [7, 11) is 1.61. The molecule has 0 aliphatic carbocycles. The average Bonchev–Trinajstić information content (AvgIpc) is 3.07. The Morgan fingerprint density at radius 2 is 1.91 bits per heavy atom. The molecule has 23 heavy (non-hydrogen) atoms. The van der Waals surface area contributed by atoms with Crippen molar-refractivity contribution in [3.05, 3.63) is 66.4 Å². The number of carbonyl (C=O) groups excluding carboxylic acids is 1. The SMILES string of the molecule is COc1cccc(-c2cc(C(=O)NN)nn2-c2ccccc2)c1. The number of methoxy groups -OCH3 is 1. The van der Waals surface area contributed by atoms with Crippen molar-refractivity contribution < 1.29 is 9.53 Å². The summed E-state index contributed by atoms with van der Waals surface area (Å²) in [4.78, 5) is 11.8. The maximum absolute atomic E-state index is 11.8. The summed E-state index contributed by atoms with van der Waals surface area (Å²) in [5, 5.41) is 4.37. The van der Waals surface area contributed by atoms with Crippen LogP contribution in [0.5, 0.6) is 5.75 Å². The van der Waals surface area contributed by atoms with Crippen LogP contribution in [0.15, 0.2) is 60.7 Å². The van der Waals surface area contributed by atoms with Crippen LogP contribution in [0.1, 0.15) is 10.5 Å². The van der Waals surface area contributed by atoms with Gasteiger partial charge in [0.25, 0.3) is 5.91 Å². The molecule has 0 atom stereocenters. The van der Waals surface area contributed by atoms with Crippen molar-refractivity contribution in [1.82, 2.24) is 15.2 Å². The number of nitrogen functional groups attached to an aromatic ring is 1. The molecule has 0 fully saturated rings. The van der Waals surface area contributed by atoms with E-state index >= 15 is 0 Å². The molecule has 3 aromatic rings. The molecule has 0 aliphatic heterocycles. The molecular weight excluding hydrogens is 292 g/mol. The van der Waals surface area contributed by atoms with Gasteiger partial charge in [-0.15, -0.1) is 0 Å². The predicted molar refractivity (Wildman–Crippen MR) is 87.2 cm³/mol. The van der Waals surface area contributed by atoms with E-state index in [9.17, 15) is 4.79 Å². The van der Waals surface area contributed by atoms with Gasteiger partial charge in [-0.2, -0.15) is 5.10 Å². The molecule has 1 heterocycles. The van der Waals surface area contributed by atoms with Crippen LogP contribution >= 0.6 is 0 Å². The number of hydrogen-bond acceptors (Lipinski definition) is 4. The minimum atomic E-state index is -0.441. The number of benzene rings is 2. The van der Waals surface area contributed by atoms with Gasteiger partial charge in [0.15, 0.2) is 5.69 Å². The van der Waals surface area contributed by atoms with E-state index in [-0.39, 0.29) is 5.69 Å². The molecule has 1 aromatic heterocycles. The van der Waals surface area contributed by atoms with Crippen molar-refractivity contribution in [2.75, 3.05) is 7.11 Å². The molecule has 116 valence electrons. The molecule has 1 amide bonds. The minimum absolute atomic E-state index is 0.245. The minimum Gasteiger partial charge on any atom is -0.497 e. The topological polar surface area (TPSA) is 82.2 Å². The second-order valence-electron chi connectivity index (χ2n) is 4.87. The summed E-state index contributed by atoms with van der Waals surface area (Å²) in [6.45, 7) is 0. The molecule has 6 nitrogen and oxygen atoms in total. The highest BCUT2D eigenvalue weighted by Crippen LogP contribution is 2.27. The Morgan fingerprint density at radius 1 is 1.13 bits per heavy atom. The highest BCUT2D eigenvalue weighted by molar-refractivity contribution is 5.93. The van der Waals surface area contributed by atoms with E-state index < -0.39 is 5.91 Å². The Hall–Kier alpha value is -3.12. The Balaban J connectivity index is 2.17. The third-order valence-corrected chi connectivity index (χ3v) is 3.44. The number of rotatable bonds is 4. The van der Waals surface area contributed by atoms with Crippen LogP contribution in [-0.4, -0.2) is 22.8 Å². The fourth-order valence-electron chi connectivity index (χ4n) is 2.32. The molecule has 0 saturated heterocycles. The number of carbonyl (C=O) groups is 1. The first kappa shape index (κ1) is 14.8. The number of amides is 1. The summed E-state index contributed by atoms with van der Waals surface area (Å²) in [6.07, 6.45) is 0. The first-order chi connectivity index (χ1) is 11.2. The van der Waals surface area contributed by atoms with E-state index in [1.807, 2.05) is 54.6 Å². The van der Waals surface area contributed by atoms with Crippen LogP contribution in [0.3, 0.4) is 0 Å².